The second-order valence-electron chi connectivity index (χ2n) is 9.79. The predicted octanol–water partition coefficient (Wildman–Crippen LogP) is 2.80. The maximum Gasteiger partial charge on any atom is 0.437 e. The molecule has 2 N–H and O–H groups in total. The second kappa shape index (κ2) is 11.3. The first kappa shape index (κ1) is 25.4. The zero-order valence-electron chi connectivity index (χ0n) is 20.2. The molecular formula is C25H34N4O5. The van der Waals surface area contributed by atoms with Crippen LogP contribution in [0.3, 0.4) is 0 Å². The van der Waals surface area contributed by atoms with Crippen LogP contribution in [0.25, 0.3) is 0 Å². The Morgan fingerprint density at radius 1 is 1.09 bits per heavy atom. The van der Waals surface area contributed by atoms with Gasteiger partial charge in [0, 0.05) is 11.6 Å². The van der Waals surface area contributed by atoms with Gasteiger partial charge >= 0.3 is 5.76 Å². The minimum absolute atomic E-state index is 0.107. The lowest BCUT2D eigenvalue weighted by atomic mass is 9.97. The van der Waals surface area contributed by atoms with E-state index in [-0.39, 0.29) is 35.6 Å². The first-order valence-corrected chi connectivity index (χ1v) is 11.9. The van der Waals surface area contributed by atoms with Gasteiger partial charge in [-0.3, -0.25) is 14.4 Å². The van der Waals surface area contributed by atoms with Gasteiger partial charge in [0.15, 0.2) is 0 Å². The Balaban J connectivity index is 1.71. The molecule has 9 nitrogen and oxygen atoms in total. The summed E-state index contributed by atoms with van der Waals surface area (Å²) < 4.78 is 6.25. The Morgan fingerprint density at radius 3 is 2.44 bits per heavy atom. The lowest BCUT2D eigenvalue weighted by Crippen LogP contribution is -2.49. The van der Waals surface area contributed by atoms with Crippen LogP contribution in [0.2, 0.25) is 0 Å². The minimum atomic E-state index is -0.871. The van der Waals surface area contributed by atoms with Crippen molar-refractivity contribution >= 4 is 17.6 Å². The molecule has 0 spiro atoms. The molecule has 0 bridgehead atoms. The number of ketones is 1. The summed E-state index contributed by atoms with van der Waals surface area (Å²) in [7, 11) is 0. The highest BCUT2D eigenvalue weighted by Crippen LogP contribution is 2.27. The lowest BCUT2D eigenvalue weighted by molar-refractivity contribution is -0.125. The number of aromatic nitrogens is 2. The van der Waals surface area contributed by atoms with E-state index < -0.39 is 23.5 Å². The fraction of sp³-hybridized carbons (Fsp3) is 0.560. The first-order chi connectivity index (χ1) is 16.2. The summed E-state index contributed by atoms with van der Waals surface area (Å²) in [6.07, 6.45) is 2.48. The molecule has 1 aliphatic rings. The zero-order chi connectivity index (χ0) is 24.8. The number of amides is 2. The van der Waals surface area contributed by atoms with Gasteiger partial charge in [-0.2, -0.15) is 4.68 Å². The summed E-state index contributed by atoms with van der Waals surface area (Å²) >= 11 is 0. The van der Waals surface area contributed by atoms with Crippen LogP contribution < -0.4 is 16.4 Å². The van der Waals surface area contributed by atoms with E-state index in [4.69, 9.17) is 4.42 Å². The monoisotopic (exact) mass is 470 g/mol. The van der Waals surface area contributed by atoms with Gasteiger partial charge in [-0.05, 0) is 43.2 Å². The Labute approximate surface area is 199 Å². The molecule has 1 fully saturated rings. The Bertz CT molecular complexity index is 1060. The van der Waals surface area contributed by atoms with E-state index in [9.17, 15) is 19.2 Å². The van der Waals surface area contributed by atoms with Gasteiger partial charge in [0.1, 0.15) is 0 Å². The molecule has 3 atom stereocenters. The molecule has 1 heterocycles. The molecule has 9 heteroatoms. The van der Waals surface area contributed by atoms with E-state index in [1.807, 2.05) is 33.8 Å². The summed E-state index contributed by atoms with van der Waals surface area (Å²) in [5, 5.41) is 9.87. The molecule has 0 unspecified atom stereocenters. The smallest absolute Gasteiger partial charge is 0.384 e. The maximum absolute atomic E-state index is 13.2. The Kier molecular flexibility index (Phi) is 8.41. The van der Waals surface area contributed by atoms with Gasteiger partial charge in [0.2, 0.25) is 11.7 Å². The van der Waals surface area contributed by atoms with Crippen LogP contribution in [-0.2, 0) is 11.3 Å². The van der Waals surface area contributed by atoms with Crippen molar-refractivity contribution in [3.05, 3.63) is 52.3 Å². The van der Waals surface area contributed by atoms with E-state index in [1.165, 1.54) is 0 Å². The highest BCUT2D eigenvalue weighted by Gasteiger charge is 2.37. The molecule has 1 aromatic carbocycles. The number of rotatable bonds is 10. The number of nitrogens with one attached hydrogen (secondary N) is 2. The fourth-order valence-corrected chi connectivity index (χ4v) is 4.29. The molecule has 1 aromatic heterocycles. The van der Waals surface area contributed by atoms with Crippen molar-refractivity contribution in [2.75, 3.05) is 0 Å². The van der Waals surface area contributed by atoms with Gasteiger partial charge in [-0.1, -0.05) is 52.3 Å². The maximum atomic E-state index is 13.2. The second-order valence-corrected chi connectivity index (χ2v) is 9.79. The van der Waals surface area contributed by atoms with Gasteiger partial charge < -0.3 is 15.1 Å². The molecule has 3 rings (SSSR count). The average molecular weight is 471 g/mol. The van der Waals surface area contributed by atoms with Crippen LogP contribution in [0, 0.1) is 17.8 Å². The molecule has 1 aliphatic carbocycles. The van der Waals surface area contributed by atoms with Gasteiger partial charge in [0.25, 0.3) is 11.8 Å². The zero-order valence-corrected chi connectivity index (χ0v) is 20.2. The van der Waals surface area contributed by atoms with Crippen molar-refractivity contribution < 1.29 is 18.8 Å². The van der Waals surface area contributed by atoms with Crippen LogP contribution in [0.4, 0.5) is 0 Å². The van der Waals surface area contributed by atoms with Crippen LogP contribution in [0.5, 0.6) is 0 Å². The highest BCUT2D eigenvalue weighted by atomic mass is 16.4. The summed E-state index contributed by atoms with van der Waals surface area (Å²) in [4.78, 5) is 51.0. The highest BCUT2D eigenvalue weighted by molar-refractivity contribution is 5.99. The number of Topliss-reactive ketones (excluding diaryl/α,β-unsaturated/α-hetero) is 1. The largest absolute Gasteiger partial charge is 0.437 e. The summed E-state index contributed by atoms with van der Waals surface area (Å²) in [6, 6.07) is 7.68. The Hall–Kier alpha value is -3.23. The van der Waals surface area contributed by atoms with Crippen LogP contribution in [-0.4, -0.2) is 39.5 Å². The SMILES string of the molecule is CC(C)C[C@H](NC(=O)[C@H]1CCC[C@@H]1NC(=O)c1ccccc1)C(=O)c1nn(CC(C)C)c(=O)o1. The average Bonchev–Trinajstić information content (AvgIpc) is 3.39. The standard InChI is InChI=1S/C25H34N4O5/c1-15(2)13-20(21(30)24-28-29(14-16(3)4)25(33)34-24)27-23(32)18-11-8-12-19(18)26-22(31)17-9-6-5-7-10-17/h5-7,9-10,15-16,18-20H,8,11-14H2,1-4H3,(H,26,31)(H,27,32)/t18-,19-,20-/m0/s1. The van der Waals surface area contributed by atoms with E-state index >= 15 is 0 Å². The number of nitrogens with zero attached hydrogens (tertiary/aromatic N) is 2. The predicted molar refractivity (Wildman–Crippen MR) is 126 cm³/mol. The summed E-state index contributed by atoms with van der Waals surface area (Å²) in [6.45, 7) is 8.08. The Morgan fingerprint density at radius 2 is 1.79 bits per heavy atom. The third-order valence-corrected chi connectivity index (χ3v) is 5.90. The van der Waals surface area contributed by atoms with Crippen molar-refractivity contribution in [1.82, 2.24) is 20.4 Å². The molecule has 0 aliphatic heterocycles. The molecule has 2 amide bonds. The third kappa shape index (κ3) is 6.42. The molecular weight excluding hydrogens is 436 g/mol. The fourth-order valence-electron chi connectivity index (χ4n) is 4.29. The van der Waals surface area contributed by atoms with E-state index in [0.717, 1.165) is 11.1 Å². The minimum Gasteiger partial charge on any atom is -0.384 e. The molecule has 1 saturated carbocycles. The van der Waals surface area contributed by atoms with Crippen LogP contribution in [0.1, 0.15) is 74.4 Å². The van der Waals surface area contributed by atoms with Crippen molar-refractivity contribution in [2.24, 2.45) is 17.8 Å². The van der Waals surface area contributed by atoms with Crippen molar-refractivity contribution in [3.8, 4) is 0 Å². The number of hydrogen-bond acceptors (Lipinski definition) is 6. The van der Waals surface area contributed by atoms with Gasteiger partial charge in [-0.15, -0.1) is 5.10 Å². The first-order valence-electron chi connectivity index (χ1n) is 11.9. The van der Waals surface area contributed by atoms with E-state index in [0.29, 0.717) is 31.4 Å². The number of hydrogen-bond donors (Lipinski definition) is 2. The van der Waals surface area contributed by atoms with Crippen LogP contribution in [0.15, 0.2) is 39.5 Å². The van der Waals surface area contributed by atoms with Crippen LogP contribution >= 0.6 is 0 Å². The number of carbonyl (C=O) groups excluding carboxylic acids is 3. The van der Waals surface area contributed by atoms with Gasteiger partial charge in [0.05, 0.1) is 18.5 Å². The molecule has 0 radical (unpaired) electrons. The molecule has 0 saturated heterocycles. The third-order valence-electron chi connectivity index (χ3n) is 5.90. The topological polar surface area (TPSA) is 123 Å². The van der Waals surface area contributed by atoms with E-state index in [1.54, 1.807) is 24.3 Å². The normalized spacial score (nSPS) is 18.8. The van der Waals surface area contributed by atoms with E-state index in [2.05, 4.69) is 15.7 Å². The quantitative estimate of drug-likeness (QED) is 0.515. The number of benzene rings is 1. The van der Waals surface area contributed by atoms with Crippen molar-refractivity contribution in [2.45, 2.75) is 72.0 Å². The summed E-state index contributed by atoms with van der Waals surface area (Å²) in [5.41, 5.74) is 0.536. The summed E-state index contributed by atoms with van der Waals surface area (Å²) in [5.74, 6) is -2.21. The lowest BCUT2D eigenvalue weighted by Gasteiger charge is -2.24. The molecule has 184 valence electrons. The van der Waals surface area contributed by atoms with Crippen molar-refractivity contribution in [1.29, 1.82) is 0 Å². The van der Waals surface area contributed by atoms with Crippen molar-refractivity contribution in [3.63, 3.8) is 0 Å². The number of carbonyl (C=O) groups is 3. The molecule has 34 heavy (non-hydrogen) atoms. The van der Waals surface area contributed by atoms with Gasteiger partial charge in [-0.25, -0.2) is 4.79 Å². The molecule has 2 aromatic rings.